The lowest BCUT2D eigenvalue weighted by atomic mass is 9.90. The number of amides is 4. The summed E-state index contributed by atoms with van der Waals surface area (Å²) in [4.78, 5) is 72.6. The molecule has 3 aliphatic heterocycles. The zero-order chi connectivity index (χ0) is 42.4. The third kappa shape index (κ3) is 8.21. The second kappa shape index (κ2) is 16.7. The molecule has 0 unspecified atom stereocenters. The average molecular weight is 829 g/mol. The summed E-state index contributed by atoms with van der Waals surface area (Å²) in [6.45, 7) is 4.96. The number of hydrogen-bond donors (Lipinski definition) is 4. The molecule has 4 N–H and O–H groups in total. The normalized spacial score (nSPS) is 24.8. The number of fused-ring (bicyclic) bond motifs is 2. The summed E-state index contributed by atoms with van der Waals surface area (Å²) in [7, 11) is 2.61. The zero-order valence-electron chi connectivity index (χ0n) is 34.9. The molecule has 5 aliphatic rings. The van der Waals surface area contributed by atoms with Gasteiger partial charge in [0.1, 0.15) is 23.7 Å². The lowest BCUT2D eigenvalue weighted by Gasteiger charge is -2.35. The molecule has 0 spiro atoms. The fraction of sp³-hybridized carbons (Fsp3) is 0.478. The van der Waals surface area contributed by atoms with Crippen molar-refractivity contribution in [2.24, 2.45) is 23.7 Å². The minimum atomic E-state index is -0.681. The smallest absolute Gasteiger partial charge is 0.407 e. The number of carbonyl (C=O) groups excluding carboxylic acids is 4. The zero-order valence-corrected chi connectivity index (χ0v) is 34.9. The van der Waals surface area contributed by atoms with Gasteiger partial charge in [0.15, 0.2) is 0 Å². The van der Waals surface area contributed by atoms with Crippen molar-refractivity contribution in [1.82, 2.24) is 40.4 Å². The Balaban J connectivity index is 0.836. The maximum Gasteiger partial charge on any atom is 0.407 e. The minimum Gasteiger partial charge on any atom is -0.453 e. The van der Waals surface area contributed by atoms with Crippen LogP contribution < -0.4 is 10.6 Å². The largest absolute Gasteiger partial charge is 0.453 e. The van der Waals surface area contributed by atoms with Crippen LogP contribution in [0, 0.1) is 35.5 Å². The Bertz CT molecular complexity index is 2340. The highest BCUT2D eigenvalue weighted by atomic mass is 16.5. The van der Waals surface area contributed by atoms with E-state index in [1.54, 1.807) is 6.20 Å². The Labute approximate surface area is 354 Å². The number of piperidine rings is 2. The number of nitrogens with zero attached hydrogens (tertiary/aromatic N) is 4. The van der Waals surface area contributed by atoms with Crippen molar-refractivity contribution in [1.29, 1.82) is 0 Å². The standard InChI is InChI=1S/C46H52N8O7/c1-25(2)39(51-45(57)59-3)43(55)53-35-19-31(35)21-37(53)41-47-23-33(49-41)28-11-7-26(8-12-28)5-6-27-9-13-29(14-10-27)34-24-48-42(50-34)38-22-32-20-36(32)54(38)44(56)40(52-46(58)60-4)30-15-17-61-18-16-30/h7-14,23-25,30-32,35-40H,15-22H2,1-4H3,(H,47,49)(H,48,50)(H,51,57)(H,52,58)/t31-,32-,35-,36-,37+,38+,39+,40+/m1/s1. The van der Waals surface area contributed by atoms with Crippen molar-refractivity contribution >= 4 is 24.0 Å². The first-order chi connectivity index (χ1) is 29.6. The number of carbonyl (C=O) groups is 4. The van der Waals surface area contributed by atoms with Crippen molar-refractivity contribution < 1.29 is 33.4 Å². The van der Waals surface area contributed by atoms with Gasteiger partial charge in [-0.3, -0.25) is 9.59 Å². The van der Waals surface area contributed by atoms with E-state index in [0.29, 0.717) is 37.9 Å². The van der Waals surface area contributed by atoms with Crippen molar-refractivity contribution in [2.45, 2.75) is 88.6 Å². The molecule has 15 heteroatoms. The first kappa shape index (κ1) is 40.3. The maximum atomic E-state index is 14.2. The van der Waals surface area contributed by atoms with Gasteiger partial charge in [0.25, 0.3) is 0 Å². The van der Waals surface area contributed by atoms with Gasteiger partial charge in [-0.15, -0.1) is 0 Å². The fourth-order valence-electron chi connectivity index (χ4n) is 9.59. The van der Waals surface area contributed by atoms with E-state index in [9.17, 15) is 19.2 Å². The lowest BCUT2D eigenvalue weighted by molar-refractivity contribution is -0.138. The molecule has 15 nitrogen and oxygen atoms in total. The van der Waals surface area contributed by atoms with Crippen LogP contribution in [0.2, 0.25) is 0 Å². The number of hydrogen-bond acceptors (Lipinski definition) is 9. The molecule has 61 heavy (non-hydrogen) atoms. The molecule has 2 aromatic heterocycles. The van der Waals surface area contributed by atoms with Crippen LogP contribution in [0.5, 0.6) is 0 Å². The summed E-state index contributed by atoms with van der Waals surface area (Å²) in [5.74, 6) is 8.60. The Morgan fingerprint density at radius 1 is 0.705 bits per heavy atom. The van der Waals surface area contributed by atoms with Gasteiger partial charge in [-0.25, -0.2) is 19.6 Å². The van der Waals surface area contributed by atoms with E-state index in [1.807, 2.05) is 78.4 Å². The Morgan fingerprint density at radius 2 is 1.18 bits per heavy atom. The Morgan fingerprint density at radius 3 is 1.66 bits per heavy atom. The number of alkyl carbamates (subject to hydrolysis) is 2. The van der Waals surface area contributed by atoms with Gasteiger partial charge in [-0.1, -0.05) is 50.0 Å². The topological polar surface area (TPSA) is 184 Å². The number of rotatable bonds is 10. The van der Waals surface area contributed by atoms with Gasteiger partial charge in [-0.05, 0) is 97.6 Å². The molecule has 0 bridgehead atoms. The SMILES string of the molecule is COC(=O)N[C@H](C(=O)N1[C@@H]2C[C@@H]2C[C@H]1c1ncc(-c2ccc(C#Cc3ccc(-c4cnc([C@@H]5C[C@H]6C[C@H]6N5C(=O)[C@@H](NC(=O)OC)C5CCOCC5)[nH]4)cc3)cc2)[nH]1)C(C)C. The molecule has 2 saturated carbocycles. The number of likely N-dealkylation sites (tertiary alicyclic amines) is 2. The van der Waals surface area contributed by atoms with Crippen LogP contribution in [-0.2, 0) is 23.8 Å². The molecule has 2 aliphatic carbocycles. The molecule has 4 aromatic rings. The quantitative estimate of drug-likeness (QED) is 0.145. The van der Waals surface area contributed by atoms with E-state index < -0.39 is 24.3 Å². The minimum absolute atomic E-state index is 0.0219. The highest BCUT2D eigenvalue weighted by Gasteiger charge is 2.57. The highest BCUT2D eigenvalue weighted by molar-refractivity contribution is 5.88. The first-order valence-electron chi connectivity index (χ1n) is 21.3. The summed E-state index contributed by atoms with van der Waals surface area (Å²) in [6.07, 6.45) is 7.41. The van der Waals surface area contributed by atoms with Gasteiger partial charge >= 0.3 is 12.2 Å². The predicted molar refractivity (Wildman–Crippen MR) is 223 cm³/mol. The Kier molecular flexibility index (Phi) is 11.0. The van der Waals surface area contributed by atoms with Crippen molar-refractivity contribution in [3.8, 4) is 34.4 Å². The molecule has 4 amide bonds. The monoisotopic (exact) mass is 828 g/mol. The summed E-state index contributed by atoms with van der Waals surface area (Å²) in [5, 5.41) is 5.57. The number of aromatic nitrogens is 4. The highest BCUT2D eigenvalue weighted by Crippen LogP contribution is 2.54. The lowest BCUT2D eigenvalue weighted by Crippen LogP contribution is -2.54. The Hall–Kier alpha value is -6.14. The van der Waals surface area contributed by atoms with Crippen molar-refractivity contribution in [3.63, 3.8) is 0 Å². The predicted octanol–water partition coefficient (Wildman–Crippen LogP) is 5.72. The molecule has 318 valence electrons. The van der Waals surface area contributed by atoms with Crippen LogP contribution in [-0.4, -0.2) is 105 Å². The van der Waals surface area contributed by atoms with Gasteiger partial charge in [0.2, 0.25) is 11.8 Å². The summed E-state index contributed by atoms with van der Waals surface area (Å²) < 4.78 is 15.2. The van der Waals surface area contributed by atoms with Crippen molar-refractivity contribution in [2.75, 3.05) is 27.4 Å². The molecule has 2 aromatic carbocycles. The van der Waals surface area contributed by atoms with Crippen LogP contribution in [0.3, 0.4) is 0 Å². The average Bonchev–Trinajstić information content (AvgIpc) is 3.87. The van der Waals surface area contributed by atoms with Crippen LogP contribution in [0.15, 0.2) is 60.9 Å². The van der Waals surface area contributed by atoms with E-state index >= 15 is 0 Å². The molecule has 8 atom stereocenters. The second-order valence-electron chi connectivity index (χ2n) is 17.3. The number of benzene rings is 2. The van der Waals surface area contributed by atoms with Gasteiger partial charge in [-0.2, -0.15) is 0 Å². The number of nitrogens with one attached hydrogen (secondary N) is 4. The van der Waals surface area contributed by atoms with E-state index in [1.165, 1.54) is 14.2 Å². The molecule has 0 radical (unpaired) electrons. The van der Waals surface area contributed by atoms with Crippen LogP contribution in [0.4, 0.5) is 9.59 Å². The van der Waals surface area contributed by atoms with Crippen LogP contribution in [0.1, 0.15) is 87.2 Å². The summed E-state index contributed by atoms with van der Waals surface area (Å²) in [6, 6.07) is 14.5. The van der Waals surface area contributed by atoms with Crippen LogP contribution in [0.25, 0.3) is 22.5 Å². The molecule has 5 heterocycles. The maximum absolute atomic E-state index is 14.2. The number of H-pyrrole nitrogens is 2. The first-order valence-corrected chi connectivity index (χ1v) is 21.3. The number of methoxy groups -OCH3 is 2. The van der Waals surface area contributed by atoms with Gasteiger partial charge in [0.05, 0.1) is 50.1 Å². The molecular formula is C46H52N8O7. The second-order valence-corrected chi connectivity index (χ2v) is 17.3. The van der Waals surface area contributed by atoms with E-state index in [4.69, 9.17) is 24.2 Å². The third-order valence-corrected chi connectivity index (χ3v) is 13.1. The van der Waals surface area contributed by atoms with Crippen molar-refractivity contribution in [3.05, 3.63) is 83.7 Å². The van der Waals surface area contributed by atoms with Gasteiger partial charge < -0.3 is 44.6 Å². The van der Waals surface area contributed by atoms with Gasteiger partial charge in [0, 0.05) is 36.4 Å². The third-order valence-electron chi connectivity index (χ3n) is 13.1. The molecule has 5 fully saturated rings. The fourth-order valence-corrected chi connectivity index (χ4v) is 9.59. The summed E-state index contributed by atoms with van der Waals surface area (Å²) in [5.41, 5.74) is 5.36. The number of aromatic amines is 2. The number of imidazole rings is 2. The molecule has 3 saturated heterocycles. The number of ether oxygens (including phenoxy) is 3. The summed E-state index contributed by atoms with van der Waals surface area (Å²) >= 11 is 0. The van der Waals surface area contributed by atoms with Crippen LogP contribution >= 0.6 is 0 Å². The van der Waals surface area contributed by atoms with E-state index in [-0.39, 0.29) is 47.8 Å². The van der Waals surface area contributed by atoms with E-state index in [0.717, 1.165) is 71.0 Å². The molecule has 9 rings (SSSR count). The molecular weight excluding hydrogens is 777 g/mol. The van der Waals surface area contributed by atoms with E-state index in [2.05, 4.69) is 32.4 Å².